The number of hydrogen-bond donors (Lipinski definition) is 0. The fourth-order valence-electron chi connectivity index (χ4n) is 3.99. The van der Waals surface area contributed by atoms with Gasteiger partial charge in [0.15, 0.2) is 0 Å². The van der Waals surface area contributed by atoms with Crippen LogP contribution >= 0.6 is 23.2 Å². The Morgan fingerprint density at radius 1 is 0.970 bits per heavy atom. The van der Waals surface area contributed by atoms with Gasteiger partial charge < -0.3 is 14.2 Å². The zero-order valence-corrected chi connectivity index (χ0v) is 20.3. The Labute approximate surface area is 205 Å². The quantitative estimate of drug-likeness (QED) is 0.385. The van der Waals surface area contributed by atoms with Gasteiger partial charge in [0, 0.05) is 45.2 Å². The average molecular weight is 490 g/mol. The molecule has 176 valence electrons. The molecule has 1 saturated heterocycles. The van der Waals surface area contributed by atoms with Gasteiger partial charge in [-0.15, -0.1) is 0 Å². The van der Waals surface area contributed by atoms with Crippen molar-refractivity contribution in [1.29, 1.82) is 0 Å². The van der Waals surface area contributed by atoms with Crippen molar-refractivity contribution in [2.24, 2.45) is 0 Å². The first-order valence-corrected chi connectivity index (χ1v) is 11.9. The molecule has 0 aliphatic carbocycles. The monoisotopic (exact) mass is 489 g/mol. The Balaban J connectivity index is 1.26. The molecule has 3 aromatic rings. The molecule has 1 fully saturated rings. The van der Waals surface area contributed by atoms with E-state index in [0.29, 0.717) is 29.0 Å². The molecule has 6 nitrogen and oxygen atoms in total. The van der Waals surface area contributed by atoms with Crippen molar-refractivity contribution in [3.63, 3.8) is 0 Å². The maximum atomic E-state index is 6.10. The number of aromatic nitrogens is 2. The van der Waals surface area contributed by atoms with E-state index in [1.54, 1.807) is 25.4 Å². The SMILES string of the molecule is COC1(COc2ccc(Cl)c(Cl)c2)CCN(Cc2cccc(OCCn3cccn3)c2)CC1. The van der Waals surface area contributed by atoms with Crippen LogP contribution in [0.2, 0.25) is 10.0 Å². The molecule has 0 saturated carbocycles. The van der Waals surface area contributed by atoms with Crippen LogP contribution in [-0.4, -0.2) is 53.7 Å². The molecular formula is C25H29Cl2N3O3. The van der Waals surface area contributed by atoms with Gasteiger partial charge in [-0.05, 0) is 48.7 Å². The molecule has 0 unspecified atom stereocenters. The van der Waals surface area contributed by atoms with Crippen LogP contribution in [0, 0.1) is 0 Å². The predicted octanol–water partition coefficient (Wildman–Crippen LogP) is 5.33. The minimum absolute atomic E-state index is 0.305. The zero-order chi connectivity index (χ0) is 23.1. The van der Waals surface area contributed by atoms with Gasteiger partial charge in [0.2, 0.25) is 0 Å². The molecule has 0 bridgehead atoms. The van der Waals surface area contributed by atoms with Crippen molar-refractivity contribution in [3.8, 4) is 11.5 Å². The number of nitrogens with zero attached hydrogens (tertiary/aromatic N) is 3. The van der Waals surface area contributed by atoms with E-state index >= 15 is 0 Å². The minimum Gasteiger partial charge on any atom is -0.492 e. The first kappa shape index (κ1) is 23.9. The van der Waals surface area contributed by atoms with E-state index in [0.717, 1.165) is 44.8 Å². The van der Waals surface area contributed by atoms with Crippen molar-refractivity contribution in [1.82, 2.24) is 14.7 Å². The van der Waals surface area contributed by atoms with Crippen LogP contribution in [0.1, 0.15) is 18.4 Å². The summed E-state index contributed by atoms with van der Waals surface area (Å²) in [5.41, 5.74) is 0.934. The predicted molar refractivity (Wildman–Crippen MR) is 130 cm³/mol. The third-order valence-electron chi connectivity index (χ3n) is 6.05. The number of likely N-dealkylation sites (tertiary alicyclic amines) is 1. The van der Waals surface area contributed by atoms with E-state index < -0.39 is 0 Å². The fraction of sp³-hybridized carbons (Fsp3) is 0.400. The third kappa shape index (κ3) is 6.64. The summed E-state index contributed by atoms with van der Waals surface area (Å²) >= 11 is 12.1. The maximum absolute atomic E-state index is 6.10. The fourth-order valence-corrected chi connectivity index (χ4v) is 4.28. The van der Waals surface area contributed by atoms with E-state index in [4.69, 9.17) is 37.4 Å². The van der Waals surface area contributed by atoms with Crippen LogP contribution in [0.5, 0.6) is 11.5 Å². The summed E-state index contributed by atoms with van der Waals surface area (Å²) in [5.74, 6) is 1.59. The Morgan fingerprint density at radius 2 is 1.79 bits per heavy atom. The standard InChI is InChI=1S/C25H29Cl2N3O3/c1-31-25(19-33-22-6-7-23(26)24(27)17-22)8-12-29(13-9-25)18-20-4-2-5-21(16-20)32-15-14-30-11-3-10-28-30/h2-7,10-11,16-17H,8-9,12-15,18-19H2,1H3. The topological polar surface area (TPSA) is 48.8 Å². The van der Waals surface area contributed by atoms with Crippen molar-refractivity contribution in [3.05, 3.63) is 76.5 Å². The van der Waals surface area contributed by atoms with E-state index in [9.17, 15) is 0 Å². The Hall–Kier alpha value is -2.25. The Morgan fingerprint density at radius 3 is 2.52 bits per heavy atom. The molecule has 33 heavy (non-hydrogen) atoms. The summed E-state index contributed by atoms with van der Waals surface area (Å²) in [6.45, 7) is 4.54. The average Bonchev–Trinajstić information content (AvgIpc) is 3.35. The molecule has 0 N–H and O–H groups in total. The lowest BCUT2D eigenvalue weighted by molar-refractivity contribution is -0.0839. The lowest BCUT2D eigenvalue weighted by atomic mass is 9.91. The smallest absolute Gasteiger partial charge is 0.121 e. The van der Waals surface area contributed by atoms with Crippen LogP contribution in [0.3, 0.4) is 0 Å². The summed E-state index contributed by atoms with van der Waals surface area (Å²) in [5, 5.41) is 5.21. The van der Waals surface area contributed by atoms with Crippen molar-refractivity contribution >= 4 is 23.2 Å². The molecule has 0 spiro atoms. The molecule has 0 radical (unpaired) electrons. The van der Waals surface area contributed by atoms with E-state index in [2.05, 4.69) is 22.1 Å². The molecule has 2 heterocycles. The second-order valence-corrected chi connectivity index (χ2v) is 9.11. The lowest BCUT2D eigenvalue weighted by Crippen LogP contribution is -2.48. The van der Waals surface area contributed by atoms with Gasteiger partial charge in [-0.1, -0.05) is 35.3 Å². The third-order valence-corrected chi connectivity index (χ3v) is 6.79. The highest BCUT2D eigenvalue weighted by Gasteiger charge is 2.35. The molecule has 1 aliphatic heterocycles. The summed E-state index contributed by atoms with van der Waals surface area (Å²) in [6, 6.07) is 15.5. The number of methoxy groups -OCH3 is 1. The number of hydrogen-bond acceptors (Lipinski definition) is 5. The number of ether oxygens (including phenoxy) is 3. The summed E-state index contributed by atoms with van der Waals surface area (Å²) in [7, 11) is 1.76. The van der Waals surface area contributed by atoms with Crippen LogP contribution < -0.4 is 9.47 Å². The molecule has 8 heteroatoms. The largest absolute Gasteiger partial charge is 0.492 e. The van der Waals surface area contributed by atoms with Crippen molar-refractivity contribution in [2.45, 2.75) is 31.5 Å². The van der Waals surface area contributed by atoms with Gasteiger partial charge in [0.05, 0.1) is 16.6 Å². The number of benzene rings is 2. The van der Waals surface area contributed by atoms with Crippen molar-refractivity contribution in [2.75, 3.05) is 33.4 Å². The lowest BCUT2D eigenvalue weighted by Gasteiger charge is -2.40. The van der Waals surface area contributed by atoms with Gasteiger partial charge in [0.25, 0.3) is 0 Å². The highest BCUT2D eigenvalue weighted by molar-refractivity contribution is 6.42. The van der Waals surface area contributed by atoms with Gasteiger partial charge in [-0.25, -0.2) is 0 Å². The second-order valence-electron chi connectivity index (χ2n) is 8.29. The zero-order valence-electron chi connectivity index (χ0n) is 18.8. The molecule has 1 aliphatic rings. The highest BCUT2D eigenvalue weighted by atomic mass is 35.5. The first-order valence-electron chi connectivity index (χ1n) is 11.1. The minimum atomic E-state index is -0.305. The maximum Gasteiger partial charge on any atom is 0.121 e. The summed E-state index contributed by atoms with van der Waals surface area (Å²) < 4.78 is 19.7. The molecule has 0 amide bonds. The molecule has 1 aromatic heterocycles. The molecular weight excluding hydrogens is 461 g/mol. The summed E-state index contributed by atoms with van der Waals surface area (Å²) in [4.78, 5) is 2.44. The number of piperidine rings is 1. The summed E-state index contributed by atoms with van der Waals surface area (Å²) in [6.07, 6.45) is 5.50. The van der Waals surface area contributed by atoms with Crippen molar-refractivity contribution < 1.29 is 14.2 Å². The van der Waals surface area contributed by atoms with Crippen LogP contribution in [0.15, 0.2) is 60.9 Å². The van der Waals surface area contributed by atoms with Gasteiger partial charge in [-0.2, -0.15) is 5.10 Å². The van der Waals surface area contributed by atoms with Crippen LogP contribution in [0.4, 0.5) is 0 Å². The molecule has 0 atom stereocenters. The van der Waals surface area contributed by atoms with Gasteiger partial charge >= 0.3 is 0 Å². The molecule has 4 rings (SSSR count). The van der Waals surface area contributed by atoms with Gasteiger partial charge in [-0.3, -0.25) is 9.58 Å². The Kier molecular flexibility index (Phi) is 8.15. The number of rotatable bonds is 10. The Bertz CT molecular complexity index is 1020. The van der Waals surface area contributed by atoms with E-state index in [1.165, 1.54) is 5.56 Å². The number of halogens is 2. The highest BCUT2D eigenvalue weighted by Crippen LogP contribution is 2.30. The van der Waals surface area contributed by atoms with Crippen LogP contribution in [-0.2, 0) is 17.8 Å². The normalized spacial score (nSPS) is 16.0. The van der Waals surface area contributed by atoms with Crippen LogP contribution in [0.25, 0.3) is 0 Å². The second kappa shape index (κ2) is 11.3. The van der Waals surface area contributed by atoms with E-state index in [1.807, 2.05) is 35.1 Å². The van der Waals surface area contributed by atoms with E-state index in [-0.39, 0.29) is 5.60 Å². The first-order chi connectivity index (χ1) is 16.0. The van der Waals surface area contributed by atoms with Gasteiger partial charge in [0.1, 0.15) is 30.3 Å². The molecule has 2 aromatic carbocycles.